The van der Waals surface area contributed by atoms with Crippen molar-refractivity contribution in [1.29, 1.82) is 0 Å². The van der Waals surface area contributed by atoms with Crippen LogP contribution in [0.4, 0.5) is 11.4 Å². The number of ether oxygens (including phenoxy) is 1. The van der Waals surface area contributed by atoms with Crippen LogP contribution in [0.5, 0.6) is 11.5 Å². The van der Waals surface area contributed by atoms with Gasteiger partial charge in [-0.15, -0.1) is 0 Å². The Kier molecular flexibility index (Phi) is 7.83. The number of imide groups is 2. The van der Waals surface area contributed by atoms with Gasteiger partial charge < -0.3 is 4.74 Å². The summed E-state index contributed by atoms with van der Waals surface area (Å²) in [6, 6.07) is 43.9. The van der Waals surface area contributed by atoms with Gasteiger partial charge in [-0.25, -0.2) is 9.80 Å². The maximum Gasteiger partial charge on any atom is 0.266 e. The van der Waals surface area contributed by atoms with Crippen molar-refractivity contribution in [2.75, 3.05) is 9.80 Å². The first kappa shape index (κ1) is 30.4. The summed E-state index contributed by atoms with van der Waals surface area (Å²) >= 11 is 2.99. The van der Waals surface area contributed by atoms with Gasteiger partial charge in [0.2, 0.25) is 0 Å². The molecule has 6 aromatic carbocycles. The summed E-state index contributed by atoms with van der Waals surface area (Å²) in [5.74, 6) is 0.0602. The van der Waals surface area contributed by atoms with E-state index < -0.39 is 0 Å². The lowest BCUT2D eigenvalue weighted by atomic mass is 10.1. The van der Waals surface area contributed by atoms with Crippen LogP contribution in [0.3, 0.4) is 0 Å². The summed E-state index contributed by atoms with van der Waals surface area (Å²) in [6.45, 7) is 0. The molecule has 0 spiro atoms. The van der Waals surface area contributed by atoms with Crippen LogP contribution in [0.15, 0.2) is 165 Å². The summed E-state index contributed by atoms with van der Waals surface area (Å²) in [7, 11) is 0. The van der Waals surface area contributed by atoms with E-state index in [0.29, 0.717) is 45.1 Å². The van der Waals surface area contributed by atoms with Crippen LogP contribution in [-0.4, -0.2) is 23.6 Å². The summed E-state index contributed by atoms with van der Waals surface area (Å²) < 4.78 is 6.08. The fourth-order valence-electron chi connectivity index (χ4n) is 5.75. The highest BCUT2D eigenvalue weighted by atomic mass is 32.2. The molecule has 0 aliphatic carbocycles. The minimum atomic E-state index is -0.323. The maximum absolute atomic E-state index is 13.1. The van der Waals surface area contributed by atoms with Crippen LogP contribution in [0, 0.1) is 0 Å². The summed E-state index contributed by atoms with van der Waals surface area (Å²) in [5, 5.41) is 0. The zero-order valence-corrected chi connectivity index (χ0v) is 27.2. The second-order valence-electron chi connectivity index (χ2n) is 11.2. The van der Waals surface area contributed by atoms with Crippen LogP contribution in [-0.2, 0) is 0 Å². The third kappa shape index (κ3) is 5.79. The second kappa shape index (κ2) is 12.6. The second-order valence-corrected chi connectivity index (χ2v) is 13.5. The van der Waals surface area contributed by atoms with E-state index in [1.807, 2.05) is 72.8 Å². The van der Waals surface area contributed by atoms with E-state index in [-0.39, 0.29) is 23.6 Å². The number of fused-ring (bicyclic) bond motifs is 2. The van der Waals surface area contributed by atoms with Gasteiger partial charge in [-0.2, -0.15) is 0 Å². The molecule has 2 aliphatic rings. The summed E-state index contributed by atoms with van der Waals surface area (Å²) in [5.41, 5.74) is 2.71. The van der Waals surface area contributed by atoms with Crippen molar-refractivity contribution in [3.8, 4) is 11.5 Å². The predicted molar refractivity (Wildman–Crippen MR) is 189 cm³/mol. The number of hydrogen-bond donors (Lipinski definition) is 0. The third-order valence-corrected chi connectivity index (χ3v) is 10.1. The average molecular weight is 677 g/mol. The monoisotopic (exact) mass is 676 g/mol. The molecular formula is C40H24N2O5S2. The van der Waals surface area contributed by atoms with E-state index in [2.05, 4.69) is 0 Å². The molecular weight excluding hydrogens is 653 g/mol. The van der Waals surface area contributed by atoms with E-state index in [9.17, 15) is 19.2 Å². The fourth-order valence-corrected chi connectivity index (χ4v) is 7.46. The Morgan fingerprint density at radius 2 is 0.714 bits per heavy atom. The normalized spacial score (nSPS) is 13.6. The van der Waals surface area contributed by atoms with E-state index in [1.54, 1.807) is 72.8 Å². The number of hydrogen-bond acceptors (Lipinski definition) is 7. The molecule has 2 heterocycles. The van der Waals surface area contributed by atoms with E-state index in [4.69, 9.17) is 4.74 Å². The molecule has 2 aliphatic heterocycles. The van der Waals surface area contributed by atoms with Crippen LogP contribution in [0.2, 0.25) is 0 Å². The number of amides is 4. The zero-order chi connectivity index (χ0) is 33.5. The fraction of sp³-hybridized carbons (Fsp3) is 0. The maximum atomic E-state index is 13.1. The summed E-state index contributed by atoms with van der Waals surface area (Å²) in [6.07, 6.45) is 0. The van der Waals surface area contributed by atoms with Gasteiger partial charge in [0.05, 0.1) is 33.6 Å². The smallest absolute Gasteiger partial charge is 0.266 e. The molecule has 7 nitrogen and oxygen atoms in total. The number of benzene rings is 6. The number of para-hydroxylation sites is 2. The van der Waals surface area contributed by atoms with Crippen molar-refractivity contribution in [2.24, 2.45) is 0 Å². The molecule has 0 radical (unpaired) electrons. The van der Waals surface area contributed by atoms with E-state index in [0.717, 1.165) is 19.6 Å². The highest BCUT2D eigenvalue weighted by molar-refractivity contribution is 7.99. The molecule has 0 saturated carbocycles. The Morgan fingerprint density at radius 3 is 1.10 bits per heavy atom. The molecule has 0 unspecified atom stereocenters. The summed E-state index contributed by atoms with van der Waals surface area (Å²) in [4.78, 5) is 58.1. The SMILES string of the molecule is O=C1c2ccc(Sc3ccc(Oc4ccc(Sc5ccc6c(c5)C(=O)N(c5ccccc5)C6=O)cc4)cc3)cc2C(=O)N1c1ccccc1. The van der Waals surface area contributed by atoms with Crippen LogP contribution in [0.25, 0.3) is 0 Å². The molecule has 236 valence electrons. The van der Waals surface area contributed by atoms with Crippen LogP contribution in [0.1, 0.15) is 41.4 Å². The Hall–Kier alpha value is -5.90. The highest BCUT2D eigenvalue weighted by Gasteiger charge is 2.38. The number of carbonyl (C=O) groups excluding carboxylic acids is 4. The van der Waals surface area contributed by atoms with Gasteiger partial charge in [-0.1, -0.05) is 59.9 Å². The Labute approximate surface area is 290 Å². The number of rotatable bonds is 8. The predicted octanol–water partition coefficient (Wildman–Crippen LogP) is 9.38. The van der Waals surface area contributed by atoms with E-state index >= 15 is 0 Å². The first-order valence-corrected chi connectivity index (χ1v) is 17.0. The molecule has 6 aromatic rings. The lowest BCUT2D eigenvalue weighted by Gasteiger charge is -2.13. The minimum Gasteiger partial charge on any atom is -0.457 e. The first-order valence-electron chi connectivity index (χ1n) is 15.3. The molecule has 0 saturated heterocycles. The standard InChI is InChI=1S/C40H24N2O5S2/c43-37-33-21-19-31(23-35(33)39(45)41(37)25-7-3-1-4-8-25)48-29-15-11-27(12-16-29)47-28-13-17-30(18-14-28)49-32-20-22-34-36(24-32)40(46)42(38(34)44)26-9-5-2-6-10-26/h1-24H. The van der Waals surface area contributed by atoms with Crippen LogP contribution < -0.4 is 14.5 Å². The first-order chi connectivity index (χ1) is 23.9. The largest absolute Gasteiger partial charge is 0.457 e. The molecule has 9 heteroatoms. The molecule has 49 heavy (non-hydrogen) atoms. The van der Waals surface area contributed by atoms with Crippen molar-refractivity contribution in [3.63, 3.8) is 0 Å². The quantitative estimate of drug-likeness (QED) is 0.149. The molecule has 0 aromatic heterocycles. The average Bonchev–Trinajstić information content (AvgIpc) is 3.53. The third-order valence-electron chi connectivity index (χ3n) is 8.10. The van der Waals surface area contributed by atoms with Gasteiger partial charge in [-0.3, -0.25) is 19.2 Å². The lowest BCUT2D eigenvalue weighted by molar-refractivity contribution is 0.0910. The number of anilines is 2. The van der Waals surface area contributed by atoms with Crippen molar-refractivity contribution < 1.29 is 23.9 Å². The number of carbonyl (C=O) groups is 4. The molecule has 0 atom stereocenters. The van der Waals surface area contributed by atoms with Gasteiger partial charge in [0, 0.05) is 19.6 Å². The Bertz CT molecular complexity index is 2110. The molecule has 4 amide bonds. The van der Waals surface area contributed by atoms with Crippen LogP contribution >= 0.6 is 23.5 Å². The van der Waals surface area contributed by atoms with Gasteiger partial charge in [-0.05, 0) is 109 Å². The van der Waals surface area contributed by atoms with Gasteiger partial charge in [0.1, 0.15) is 11.5 Å². The van der Waals surface area contributed by atoms with Crippen molar-refractivity contribution in [3.05, 3.63) is 168 Å². The zero-order valence-electron chi connectivity index (χ0n) is 25.6. The van der Waals surface area contributed by atoms with Crippen molar-refractivity contribution in [2.45, 2.75) is 19.6 Å². The minimum absolute atomic E-state index is 0.316. The van der Waals surface area contributed by atoms with Gasteiger partial charge in [0.15, 0.2) is 0 Å². The molecule has 0 bridgehead atoms. The Morgan fingerprint density at radius 1 is 0.367 bits per heavy atom. The molecule has 0 fully saturated rings. The van der Waals surface area contributed by atoms with Gasteiger partial charge >= 0.3 is 0 Å². The Balaban J connectivity index is 0.899. The van der Waals surface area contributed by atoms with Gasteiger partial charge in [0.25, 0.3) is 23.6 Å². The lowest BCUT2D eigenvalue weighted by Crippen LogP contribution is -2.29. The van der Waals surface area contributed by atoms with E-state index in [1.165, 1.54) is 33.3 Å². The molecule has 0 N–H and O–H groups in total. The highest BCUT2D eigenvalue weighted by Crippen LogP contribution is 2.37. The van der Waals surface area contributed by atoms with Crippen molar-refractivity contribution in [1.82, 2.24) is 0 Å². The van der Waals surface area contributed by atoms with Crippen molar-refractivity contribution >= 4 is 58.5 Å². The molecule has 8 rings (SSSR count). The topological polar surface area (TPSA) is 84.0 Å². The number of nitrogens with zero attached hydrogens (tertiary/aromatic N) is 2.